The SMILES string of the molecule is C[C@H](NC(=O)[C@@]1(C)CCCCN1)c1cc(F)ccc1N1CCC(O)CC1. The van der Waals surface area contributed by atoms with Crippen LogP contribution in [0, 0.1) is 5.82 Å². The number of anilines is 1. The number of aliphatic hydroxyl groups excluding tert-OH is 1. The van der Waals surface area contributed by atoms with E-state index >= 15 is 0 Å². The molecular weight excluding hydrogens is 333 g/mol. The Labute approximate surface area is 155 Å². The minimum absolute atomic E-state index is 0.0334. The highest BCUT2D eigenvalue weighted by atomic mass is 19.1. The summed E-state index contributed by atoms with van der Waals surface area (Å²) >= 11 is 0. The second-order valence-electron chi connectivity index (χ2n) is 7.83. The van der Waals surface area contributed by atoms with E-state index in [1.165, 1.54) is 12.1 Å². The van der Waals surface area contributed by atoms with E-state index in [9.17, 15) is 14.3 Å². The highest BCUT2D eigenvalue weighted by Crippen LogP contribution is 2.30. The van der Waals surface area contributed by atoms with Gasteiger partial charge in [0.2, 0.25) is 5.91 Å². The van der Waals surface area contributed by atoms with Crippen molar-refractivity contribution in [2.75, 3.05) is 24.5 Å². The molecule has 2 saturated heterocycles. The zero-order chi connectivity index (χ0) is 18.7. The molecular formula is C20H30FN3O2. The molecule has 0 spiro atoms. The lowest BCUT2D eigenvalue weighted by molar-refractivity contribution is -0.128. The number of hydrogen-bond acceptors (Lipinski definition) is 4. The van der Waals surface area contributed by atoms with Crippen molar-refractivity contribution >= 4 is 11.6 Å². The molecule has 3 rings (SSSR count). The number of benzene rings is 1. The van der Waals surface area contributed by atoms with Crippen LogP contribution in [0.2, 0.25) is 0 Å². The third-order valence-corrected chi connectivity index (χ3v) is 5.73. The third-order valence-electron chi connectivity index (χ3n) is 5.73. The van der Waals surface area contributed by atoms with Crippen LogP contribution in [0.4, 0.5) is 10.1 Å². The van der Waals surface area contributed by atoms with Gasteiger partial charge in [0.15, 0.2) is 0 Å². The molecule has 1 amide bonds. The molecule has 3 N–H and O–H groups in total. The number of piperidine rings is 2. The minimum Gasteiger partial charge on any atom is -0.393 e. The number of amides is 1. The fourth-order valence-electron chi connectivity index (χ4n) is 3.95. The number of aliphatic hydroxyl groups is 1. The van der Waals surface area contributed by atoms with Gasteiger partial charge in [0.1, 0.15) is 5.82 Å². The van der Waals surface area contributed by atoms with Gasteiger partial charge in [0, 0.05) is 24.3 Å². The lowest BCUT2D eigenvalue weighted by Crippen LogP contribution is -2.57. The van der Waals surface area contributed by atoms with Gasteiger partial charge < -0.3 is 20.6 Å². The van der Waals surface area contributed by atoms with Crippen LogP contribution in [0.3, 0.4) is 0 Å². The first-order valence-corrected chi connectivity index (χ1v) is 9.67. The van der Waals surface area contributed by atoms with Crippen LogP contribution in [-0.2, 0) is 4.79 Å². The van der Waals surface area contributed by atoms with E-state index < -0.39 is 5.54 Å². The van der Waals surface area contributed by atoms with Crippen LogP contribution in [0.5, 0.6) is 0 Å². The normalized spacial score (nSPS) is 25.8. The van der Waals surface area contributed by atoms with E-state index in [0.29, 0.717) is 12.8 Å². The maximum atomic E-state index is 13.9. The molecule has 2 heterocycles. The monoisotopic (exact) mass is 363 g/mol. The Bertz CT molecular complexity index is 638. The second-order valence-corrected chi connectivity index (χ2v) is 7.83. The Morgan fingerprint density at radius 2 is 2.12 bits per heavy atom. The summed E-state index contributed by atoms with van der Waals surface area (Å²) in [5, 5.41) is 16.1. The molecule has 5 nitrogen and oxygen atoms in total. The lowest BCUT2D eigenvalue weighted by atomic mass is 9.89. The number of rotatable bonds is 4. The average molecular weight is 363 g/mol. The van der Waals surface area contributed by atoms with Crippen molar-refractivity contribution in [1.82, 2.24) is 10.6 Å². The summed E-state index contributed by atoms with van der Waals surface area (Å²) in [7, 11) is 0. The smallest absolute Gasteiger partial charge is 0.240 e. The van der Waals surface area contributed by atoms with Gasteiger partial charge in [-0.05, 0) is 70.7 Å². The first kappa shape index (κ1) is 19.1. The number of nitrogens with one attached hydrogen (secondary N) is 2. The van der Waals surface area contributed by atoms with Crippen molar-refractivity contribution in [3.05, 3.63) is 29.6 Å². The topological polar surface area (TPSA) is 64.6 Å². The van der Waals surface area contributed by atoms with Crippen LogP contribution in [-0.4, -0.2) is 42.3 Å². The standard InChI is InChI=1S/C20H30FN3O2/c1-14(23-19(26)20(2)9-3-4-10-22-20)17-13-15(21)5-6-18(17)24-11-7-16(25)8-12-24/h5-6,13-14,16,22,25H,3-4,7-12H2,1-2H3,(H,23,26)/t14-,20+/m0/s1. The van der Waals surface area contributed by atoms with Crippen molar-refractivity contribution in [2.24, 2.45) is 0 Å². The largest absolute Gasteiger partial charge is 0.393 e. The maximum Gasteiger partial charge on any atom is 0.240 e. The number of halogens is 1. The van der Waals surface area contributed by atoms with Crippen molar-refractivity contribution in [3.63, 3.8) is 0 Å². The van der Waals surface area contributed by atoms with E-state index in [1.54, 1.807) is 6.07 Å². The van der Waals surface area contributed by atoms with E-state index in [1.807, 2.05) is 13.8 Å². The van der Waals surface area contributed by atoms with Crippen molar-refractivity contribution in [2.45, 2.75) is 63.6 Å². The van der Waals surface area contributed by atoms with Crippen molar-refractivity contribution in [3.8, 4) is 0 Å². The summed E-state index contributed by atoms with van der Waals surface area (Å²) < 4.78 is 13.9. The predicted molar refractivity (Wildman–Crippen MR) is 101 cm³/mol. The summed E-state index contributed by atoms with van der Waals surface area (Å²) in [6.07, 6.45) is 4.09. The molecule has 26 heavy (non-hydrogen) atoms. The van der Waals surface area contributed by atoms with Gasteiger partial charge in [-0.25, -0.2) is 4.39 Å². The van der Waals surface area contributed by atoms with Gasteiger partial charge >= 0.3 is 0 Å². The number of carbonyl (C=O) groups is 1. The molecule has 6 heteroatoms. The Kier molecular flexibility index (Phi) is 5.82. The number of carbonyl (C=O) groups excluding carboxylic acids is 1. The molecule has 0 bridgehead atoms. The molecule has 0 aromatic heterocycles. The highest BCUT2D eigenvalue weighted by Gasteiger charge is 2.35. The zero-order valence-electron chi connectivity index (χ0n) is 15.7. The number of nitrogens with zero attached hydrogens (tertiary/aromatic N) is 1. The molecule has 0 saturated carbocycles. The van der Waals surface area contributed by atoms with Gasteiger partial charge in [-0.2, -0.15) is 0 Å². The fraction of sp³-hybridized carbons (Fsp3) is 0.650. The summed E-state index contributed by atoms with van der Waals surface area (Å²) in [4.78, 5) is 15.0. The molecule has 2 atom stereocenters. The fourth-order valence-corrected chi connectivity index (χ4v) is 3.95. The van der Waals surface area contributed by atoms with Gasteiger partial charge in [0.05, 0.1) is 17.7 Å². The maximum absolute atomic E-state index is 13.9. The van der Waals surface area contributed by atoms with E-state index in [2.05, 4.69) is 15.5 Å². The first-order chi connectivity index (χ1) is 12.4. The average Bonchev–Trinajstić information content (AvgIpc) is 2.63. The zero-order valence-corrected chi connectivity index (χ0v) is 15.7. The minimum atomic E-state index is -0.560. The Balaban J connectivity index is 1.76. The summed E-state index contributed by atoms with van der Waals surface area (Å²) in [6, 6.07) is 4.47. The summed E-state index contributed by atoms with van der Waals surface area (Å²) in [5.41, 5.74) is 1.16. The quantitative estimate of drug-likeness (QED) is 0.769. The molecule has 1 aromatic carbocycles. The van der Waals surface area contributed by atoms with Crippen molar-refractivity contribution in [1.29, 1.82) is 0 Å². The third kappa shape index (κ3) is 4.18. The van der Waals surface area contributed by atoms with Crippen molar-refractivity contribution < 1.29 is 14.3 Å². The molecule has 2 aliphatic heterocycles. The molecule has 0 unspecified atom stereocenters. The van der Waals surface area contributed by atoms with Crippen LogP contribution in [0.25, 0.3) is 0 Å². The predicted octanol–water partition coefficient (Wildman–Crippen LogP) is 2.50. The van der Waals surface area contributed by atoms with Crippen LogP contribution >= 0.6 is 0 Å². The summed E-state index contributed by atoms with van der Waals surface area (Å²) in [6.45, 7) is 6.16. The van der Waals surface area contributed by atoms with E-state index in [4.69, 9.17) is 0 Å². The lowest BCUT2D eigenvalue weighted by Gasteiger charge is -2.36. The molecule has 1 aromatic rings. The van der Waals surface area contributed by atoms with Gasteiger partial charge in [-0.15, -0.1) is 0 Å². The van der Waals surface area contributed by atoms with Gasteiger partial charge in [0.25, 0.3) is 0 Å². The van der Waals surface area contributed by atoms with E-state index in [0.717, 1.165) is 50.1 Å². The second kappa shape index (κ2) is 7.92. The molecule has 0 aliphatic carbocycles. The number of hydrogen-bond donors (Lipinski definition) is 3. The molecule has 2 fully saturated rings. The van der Waals surface area contributed by atoms with E-state index in [-0.39, 0.29) is 23.9 Å². The van der Waals surface area contributed by atoms with Gasteiger partial charge in [-0.1, -0.05) is 0 Å². The van der Waals surface area contributed by atoms with Gasteiger partial charge in [-0.3, -0.25) is 4.79 Å². The van der Waals surface area contributed by atoms with Crippen LogP contribution in [0.15, 0.2) is 18.2 Å². The molecule has 0 radical (unpaired) electrons. The molecule has 144 valence electrons. The summed E-state index contributed by atoms with van der Waals surface area (Å²) in [5.74, 6) is -0.335. The van der Waals surface area contributed by atoms with Crippen LogP contribution in [0.1, 0.15) is 57.6 Å². The highest BCUT2D eigenvalue weighted by molar-refractivity contribution is 5.86. The van der Waals surface area contributed by atoms with Crippen LogP contribution < -0.4 is 15.5 Å². The Hall–Kier alpha value is -1.66. The first-order valence-electron chi connectivity index (χ1n) is 9.67. The molecule has 2 aliphatic rings. The Morgan fingerprint density at radius 3 is 2.77 bits per heavy atom. The Morgan fingerprint density at radius 1 is 1.38 bits per heavy atom.